The van der Waals surface area contributed by atoms with Crippen LogP contribution in [0, 0.1) is 39.8 Å². The Bertz CT molecular complexity index is 632. The SMILES string of the molecule is CCCCCCCC(C#C[Si](CC)(CC)CC)(C#C[Si](CC)(CC)CC)C#C[Si](CC)(CC)CC. The largest absolute Gasteiger partial charge is 0.150 e. The highest BCUT2D eigenvalue weighted by Crippen LogP contribution is 2.29. The molecular weight excluding hydrogens is 469 g/mol. The molecule has 0 aromatic rings. The lowest BCUT2D eigenvalue weighted by Crippen LogP contribution is -2.33. The van der Waals surface area contributed by atoms with Gasteiger partial charge >= 0.3 is 0 Å². The summed E-state index contributed by atoms with van der Waals surface area (Å²) in [5, 5.41) is 0. The third kappa shape index (κ3) is 10.7. The first-order valence-corrected chi connectivity index (χ1v) is 23.2. The Labute approximate surface area is 225 Å². The molecule has 0 aliphatic carbocycles. The minimum absolute atomic E-state index is 0.417. The molecule has 0 aliphatic rings. The van der Waals surface area contributed by atoms with Crippen molar-refractivity contribution in [3.63, 3.8) is 0 Å². The molecule has 0 saturated carbocycles. The van der Waals surface area contributed by atoms with E-state index in [4.69, 9.17) is 0 Å². The Balaban J connectivity index is 6.96. The first-order valence-electron chi connectivity index (χ1n) is 15.4. The van der Waals surface area contributed by atoms with Gasteiger partial charge in [0.15, 0.2) is 0 Å². The number of rotatable bonds is 15. The van der Waals surface area contributed by atoms with Gasteiger partial charge in [-0.25, -0.2) is 0 Å². The van der Waals surface area contributed by atoms with E-state index in [-0.39, 0.29) is 0 Å². The van der Waals surface area contributed by atoms with Crippen LogP contribution in [0.1, 0.15) is 108 Å². The van der Waals surface area contributed by atoms with Crippen LogP contribution in [0.4, 0.5) is 0 Å². The predicted octanol–water partition coefficient (Wildman–Crippen LogP) is 10.5. The summed E-state index contributed by atoms with van der Waals surface area (Å²) >= 11 is 0. The second-order valence-corrected chi connectivity index (χ2v) is 25.6. The maximum absolute atomic E-state index is 3.97. The van der Waals surface area contributed by atoms with E-state index in [9.17, 15) is 0 Å². The summed E-state index contributed by atoms with van der Waals surface area (Å²) in [6, 6.07) is 11.2. The van der Waals surface area contributed by atoms with Crippen LogP contribution >= 0.6 is 0 Å². The van der Waals surface area contributed by atoms with Crippen molar-refractivity contribution < 1.29 is 0 Å². The zero-order valence-corrected chi connectivity index (χ0v) is 28.6. The van der Waals surface area contributed by atoms with Gasteiger partial charge in [-0.1, -0.05) is 113 Å². The van der Waals surface area contributed by atoms with Gasteiger partial charge in [0.1, 0.15) is 29.6 Å². The van der Waals surface area contributed by atoms with E-state index in [1.165, 1.54) is 86.5 Å². The molecule has 0 atom stereocenters. The maximum Gasteiger partial charge on any atom is 0.150 e. The highest BCUT2D eigenvalue weighted by Gasteiger charge is 2.31. The van der Waals surface area contributed by atoms with Crippen LogP contribution in [0.3, 0.4) is 0 Å². The van der Waals surface area contributed by atoms with E-state index >= 15 is 0 Å². The third-order valence-electron chi connectivity index (χ3n) is 9.37. The average Bonchev–Trinajstić information content (AvgIpc) is 2.91. The van der Waals surface area contributed by atoms with Crippen molar-refractivity contribution in [2.75, 3.05) is 0 Å². The predicted molar refractivity (Wildman–Crippen MR) is 171 cm³/mol. The minimum atomic E-state index is -1.56. The molecule has 200 valence electrons. The fraction of sp³-hybridized carbons (Fsp3) is 0.812. The molecule has 0 bridgehead atoms. The Kier molecular flexibility index (Phi) is 17.4. The second-order valence-electron chi connectivity index (χ2n) is 10.8. The first-order chi connectivity index (χ1) is 16.7. The molecular formula is C32H60Si3. The van der Waals surface area contributed by atoms with Gasteiger partial charge in [0, 0.05) is 0 Å². The Morgan fingerprint density at radius 3 is 0.943 bits per heavy atom. The van der Waals surface area contributed by atoms with E-state index in [0.29, 0.717) is 0 Å². The molecule has 0 fully saturated rings. The Morgan fingerprint density at radius 1 is 0.400 bits per heavy atom. The summed E-state index contributed by atoms with van der Waals surface area (Å²) < 4.78 is 0. The van der Waals surface area contributed by atoms with Crippen LogP contribution in [-0.4, -0.2) is 24.2 Å². The number of hydrogen-bond acceptors (Lipinski definition) is 0. The van der Waals surface area contributed by atoms with Gasteiger partial charge in [-0.3, -0.25) is 0 Å². The highest BCUT2D eigenvalue weighted by atomic mass is 28.3. The smallest absolute Gasteiger partial charge is 0.129 e. The van der Waals surface area contributed by atoms with Crippen molar-refractivity contribution in [1.82, 2.24) is 0 Å². The van der Waals surface area contributed by atoms with Gasteiger partial charge < -0.3 is 0 Å². The fourth-order valence-electron chi connectivity index (χ4n) is 5.04. The fourth-order valence-corrected chi connectivity index (χ4v) is 12.6. The first kappa shape index (κ1) is 34.3. The molecule has 0 aliphatic heterocycles. The van der Waals surface area contributed by atoms with Crippen LogP contribution in [-0.2, 0) is 0 Å². The highest BCUT2D eigenvalue weighted by molar-refractivity contribution is 6.88. The van der Waals surface area contributed by atoms with Crippen molar-refractivity contribution in [3.05, 3.63) is 0 Å². The molecule has 0 rings (SSSR count). The third-order valence-corrected chi connectivity index (χ3v) is 23.5. The zero-order valence-electron chi connectivity index (χ0n) is 25.6. The number of hydrogen-bond donors (Lipinski definition) is 0. The van der Waals surface area contributed by atoms with Crippen LogP contribution in [0.15, 0.2) is 0 Å². The quantitative estimate of drug-likeness (QED) is 0.113. The molecule has 0 nitrogen and oxygen atoms in total. The van der Waals surface area contributed by atoms with Gasteiger partial charge in [0.05, 0.1) is 0 Å². The molecule has 0 unspecified atom stereocenters. The van der Waals surface area contributed by atoms with Crippen molar-refractivity contribution in [2.24, 2.45) is 5.41 Å². The van der Waals surface area contributed by atoms with E-state index in [1.54, 1.807) is 0 Å². The maximum atomic E-state index is 3.97. The second kappa shape index (κ2) is 17.7. The van der Waals surface area contributed by atoms with Crippen LogP contribution in [0.25, 0.3) is 0 Å². The molecule has 0 heterocycles. The summed E-state index contributed by atoms with van der Waals surface area (Å²) in [5.74, 6) is 11.7. The van der Waals surface area contributed by atoms with E-state index in [2.05, 4.69) is 104 Å². The molecule has 0 aromatic carbocycles. The molecule has 0 saturated heterocycles. The summed E-state index contributed by atoms with van der Waals surface area (Å²) in [4.78, 5) is 0. The summed E-state index contributed by atoms with van der Waals surface area (Å²) in [5.41, 5.74) is 11.5. The summed E-state index contributed by atoms with van der Waals surface area (Å²) in [7, 11) is -4.68. The molecule has 0 spiro atoms. The van der Waals surface area contributed by atoms with Gasteiger partial charge in [-0.05, 0) is 67.2 Å². The molecule has 3 heteroatoms. The van der Waals surface area contributed by atoms with Crippen LogP contribution in [0.2, 0.25) is 54.4 Å². The van der Waals surface area contributed by atoms with Crippen LogP contribution < -0.4 is 0 Å². The monoisotopic (exact) mass is 528 g/mol. The van der Waals surface area contributed by atoms with Crippen molar-refractivity contribution in [1.29, 1.82) is 0 Å². The van der Waals surface area contributed by atoms with E-state index < -0.39 is 29.6 Å². The topological polar surface area (TPSA) is 0 Å². The zero-order chi connectivity index (χ0) is 26.8. The van der Waals surface area contributed by atoms with E-state index in [0.717, 1.165) is 6.42 Å². The average molecular weight is 529 g/mol. The molecule has 35 heavy (non-hydrogen) atoms. The molecule has 0 N–H and O–H groups in total. The Morgan fingerprint density at radius 2 is 0.686 bits per heavy atom. The summed E-state index contributed by atoms with van der Waals surface area (Å²) in [6.45, 7) is 23.6. The van der Waals surface area contributed by atoms with Crippen LogP contribution in [0.5, 0.6) is 0 Å². The van der Waals surface area contributed by atoms with Gasteiger partial charge in [0.2, 0.25) is 0 Å². The molecule has 0 radical (unpaired) electrons. The normalized spacial score (nSPS) is 12.2. The van der Waals surface area contributed by atoms with Gasteiger partial charge in [-0.15, -0.1) is 16.6 Å². The minimum Gasteiger partial charge on any atom is -0.129 e. The Hall–Kier alpha value is -0.669. The standard InChI is InChI=1S/C32H60Si3/c1-11-21-22-23-24-25-32(26-29-33(12-2,13-3)14-4,27-30-34(15-5,16-6)17-7)28-31-35(18-8,19-9)20-10/h11-25H2,1-10H3. The molecule has 0 amide bonds. The van der Waals surface area contributed by atoms with Crippen molar-refractivity contribution in [2.45, 2.75) is 162 Å². The van der Waals surface area contributed by atoms with Gasteiger partial charge in [-0.2, -0.15) is 0 Å². The van der Waals surface area contributed by atoms with Crippen molar-refractivity contribution >= 4 is 24.2 Å². The lowest BCUT2D eigenvalue weighted by Gasteiger charge is -2.26. The lowest BCUT2D eigenvalue weighted by atomic mass is 9.85. The van der Waals surface area contributed by atoms with E-state index in [1.807, 2.05) is 0 Å². The number of unbranched alkanes of at least 4 members (excludes halogenated alkanes) is 4. The van der Waals surface area contributed by atoms with Gasteiger partial charge in [0.25, 0.3) is 0 Å². The van der Waals surface area contributed by atoms with Crippen molar-refractivity contribution in [3.8, 4) is 34.4 Å². The lowest BCUT2D eigenvalue weighted by molar-refractivity contribution is 0.539. The summed E-state index contributed by atoms with van der Waals surface area (Å²) in [6.07, 6.45) is 7.48. The molecule has 0 aromatic heterocycles.